The summed E-state index contributed by atoms with van der Waals surface area (Å²) in [4.78, 5) is 0.851. The lowest BCUT2D eigenvalue weighted by atomic mass is 10.2. The molecular formula is C16H19NO2S. The first kappa shape index (κ1) is 14.8. The lowest BCUT2D eigenvalue weighted by molar-refractivity contribution is 0.342. The second-order valence-electron chi connectivity index (χ2n) is 4.57. The highest BCUT2D eigenvalue weighted by Gasteiger charge is 2.04. The van der Waals surface area contributed by atoms with Crippen molar-refractivity contribution in [2.75, 3.05) is 12.4 Å². The maximum Gasteiger partial charge on any atom is 0.119 e. The van der Waals surface area contributed by atoms with E-state index in [1.54, 1.807) is 0 Å². The van der Waals surface area contributed by atoms with Crippen LogP contribution in [0.3, 0.4) is 0 Å². The average Bonchev–Trinajstić information content (AvgIpc) is 2.47. The molecule has 0 aromatic heterocycles. The molecule has 0 spiro atoms. The number of hydrogen-bond donors (Lipinski definition) is 1. The molecule has 0 saturated heterocycles. The standard InChI is InChI=1S/C16H19NO2S/c1-13-4-2-7-16(10-13)20(18)9-8-19-15-6-3-5-14(11-15)12-17/h2-7,10-11H,8-9,12,17H2,1H3. The van der Waals surface area contributed by atoms with Gasteiger partial charge in [-0.05, 0) is 42.3 Å². The Hall–Kier alpha value is -1.65. The normalized spacial score (nSPS) is 12.1. The van der Waals surface area contributed by atoms with E-state index in [0.717, 1.165) is 21.8 Å². The maximum atomic E-state index is 12.1. The first-order chi connectivity index (χ1) is 9.69. The fourth-order valence-corrected chi connectivity index (χ4v) is 2.89. The summed E-state index contributed by atoms with van der Waals surface area (Å²) in [5, 5.41) is 0. The molecule has 0 aliphatic carbocycles. The van der Waals surface area contributed by atoms with Crippen molar-refractivity contribution in [3.05, 3.63) is 59.7 Å². The van der Waals surface area contributed by atoms with Crippen LogP contribution in [0.15, 0.2) is 53.4 Å². The second-order valence-corrected chi connectivity index (χ2v) is 6.14. The van der Waals surface area contributed by atoms with Crippen LogP contribution in [0.2, 0.25) is 0 Å². The minimum Gasteiger partial charge on any atom is -0.493 e. The lowest BCUT2D eigenvalue weighted by Gasteiger charge is -2.08. The third kappa shape index (κ3) is 4.18. The zero-order valence-corrected chi connectivity index (χ0v) is 12.4. The molecule has 0 saturated carbocycles. The molecule has 2 aromatic carbocycles. The van der Waals surface area contributed by atoms with Gasteiger partial charge in [-0.1, -0.05) is 24.3 Å². The van der Waals surface area contributed by atoms with Crippen molar-refractivity contribution in [1.29, 1.82) is 0 Å². The van der Waals surface area contributed by atoms with Gasteiger partial charge < -0.3 is 10.5 Å². The van der Waals surface area contributed by atoms with Gasteiger partial charge in [0.2, 0.25) is 0 Å². The molecule has 2 N–H and O–H groups in total. The van der Waals surface area contributed by atoms with E-state index in [4.69, 9.17) is 10.5 Å². The molecule has 0 aliphatic rings. The molecule has 1 atom stereocenters. The summed E-state index contributed by atoms with van der Waals surface area (Å²) in [6, 6.07) is 15.4. The molecule has 0 heterocycles. The predicted molar refractivity (Wildman–Crippen MR) is 82.3 cm³/mol. The molecule has 106 valence electrons. The summed E-state index contributed by atoms with van der Waals surface area (Å²) in [7, 11) is -1.02. The van der Waals surface area contributed by atoms with Crippen LogP contribution in [-0.2, 0) is 17.3 Å². The Morgan fingerprint density at radius 1 is 1.15 bits per heavy atom. The third-order valence-electron chi connectivity index (χ3n) is 2.92. The van der Waals surface area contributed by atoms with Gasteiger partial charge in [0, 0.05) is 11.4 Å². The van der Waals surface area contributed by atoms with Gasteiger partial charge >= 0.3 is 0 Å². The van der Waals surface area contributed by atoms with Crippen molar-refractivity contribution in [3.63, 3.8) is 0 Å². The first-order valence-corrected chi connectivity index (χ1v) is 7.88. The Morgan fingerprint density at radius 3 is 2.70 bits per heavy atom. The van der Waals surface area contributed by atoms with Gasteiger partial charge in [-0.2, -0.15) is 0 Å². The van der Waals surface area contributed by atoms with E-state index in [1.807, 2.05) is 55.5 Å². The zero-order chi connectivity index (χ0) is 14.4. The van der Waals surface area contributed by atoms with E-state index in [-0.39, 0.29) is 0 Å². The Kier molecular flexibility index (Phi) is 5.32. The van der Waals surface area contributed by atoms with Crippen LogP contribution in [0.5, 0.6) is 5.75 Å². The van der Waals surface area contributed by atoms with Crippen molar-refractivity contribution >= 4 is 10.8 Å². The summed E-state index contributed by atoms with van der Waals surface area (Å²) < 4.78 is 17.7. The molecule has 0 radical (unpaired) electrons. The number of nitrogens with two attached hydrogens (primary N) is 1. The zero-order valence-electron chi connectivity index (χ0n) is 11.5. The van der Waals surface area contributed by atoms with Crippen LogP contribution in [0, 0.1) is 6.92 Å². The molecule has 0 aliphatic heterocycles. The van der Waals surface area contributed by atoms with Gasteiger partial charge in [0.1, 0.15) is 12.4 Å². The molecule has 0 fully saturated rings. The molecule has 1 unspecified atom stereocenters. The van der Waals surface area contributed by atoms with E-state index < -0.39 is 10.8 Å². The monoisotopic (exact) mass is 289 g/mol. The summed E-state index contributed by atoms with van der Waals surface area (Å²) in [6.07, 6.45) is 0. The Labute approximate surface area is 122 Å². The van der Waals surface area contributed by atoms with Gasteiger partial charge in [-0.25, -0.2) is 0 Å². The van der Waals surface area contributed by atoms with Crippen LogP contribution >= 0.6 is 0 Å². The van der Waals surface area contributed by atoms with E-state index >= 15 is 0 Å². The fraction of sp³-hybridized carbons (Fsp3) is 0.250. The Morgan fingerprint density at radius 2 is 1.95 bits per heavy atom. The van der Waals surface area contributed by atoms with E-state index in [0.29, 0.717) is 18.9 Å². The van der Waals surface area contributed by atoms with Crippen molar-refractivity contribution in [2.24, 2.45) is 5.73 Å². The number of ether oxygens (including phenoxy) is 1. The van der Waals surface area contributed by atoms with Crippen molar-refractivity contribution < 1.29 is 8.95 Å². The molecule has 2 aromatic rings. The topological polar surface area (TPSA) is 52.3 Å². The molecule has 20 heavy (non-hydrogen) atoms. The van der Waals surface area contributed by atoms with Crippen LogP contribution in [0.25, 0.3) is 0 Å². The minimum absolute atomic E-state index is 0.425. The number of rotatable bonds is 6. The first-order valence-electron chi connectivity index (χ1n) is 6.56. The molecule has 0 bridgehead atoms. The Balaban J connectivity index is 1.88. The predicted octanol–water partition coefficient (Wildman–Crippen LogP) is 2.64. The third-order valence-corrected chi connectivity index (χ3v) is 4.24. The largest absolute Gasteiger partial charge is 0.493 e. The summed E-state index contributed by atoms with van der Waals surface area (Å²) in [6.45, 7) is 2.91. The van der Waals surface area contributed by atoms with Crippen LogP contribution in [0.4, 0.5) is 0 Å². The fourth-order valence-electron chi connectivity index (χ4n) is 1.87. The van der Waals surface area contributed by atoms with E-state index in [2.05, 4.69) is 0 Å². The van der Waals surface area contributed by atoms with E-state index in [9.17, 15) is 4.21 Å². The van der Waals surface area contributed by atoms with Gasteiger partial charge in [-0.15, -0.1) is 0 Å². The molecule has 4 heteroatoms. The second kappa shape index (κ2) is 7.22. The van der Waals surface area contributed by atoms with Crippen molar-refractivity contribution in [2.45, 2.75) is 18.4 Å². The summed E-state index contributed by atoms with van der Waals surface area (Å²) in [5.74, 6) is 1.25. The summed E-state index contributed by atoms with van der Waals surface area (Å²) >= 11 is 0. The lowest BCUT2D eigenvalue weighted by Crippen LogP contribution is -2.09. The molecule has 0 amide bonds. The van der Waals surface area contributed by atoms with Crippen LogP contribution < -0.4 is 10.5 Å². The number of benzene rings is 2. The van der Waals surface area contributed by atoms with Gasteiger partial charge in [0.25, 0.3) is 0 Å². The van der Waals surface area contributed by atoms with Gasteiger partial charge in [0.05, 0.1) is 16.6 Å². The SMILES string of the molecule is Cc1cccc(S(=O)CCOc2cccc(CN)c2)c1. The highest BCUT2D eigenvalue weighted by atomic mass is 32.2. The quantitative estimate of drug-likeness (QED) is 0.889. The minimum atomic E-state index is -1.02. The van der Waals surface area contributed by atoms with Gasteiger partial charge in [0.15, 0.2) is 0 Å². The summed E-state index contributed by atoms with van der Waals surface area (Å²) in [5.41, 5.74) is 7.73. The Bertz CT molecular complexity index is 599. The van der Waals surface area contributed by atoms with Crippen LogP contribution in [0.1, 0.15) is 11.1 Å². The average molecular weight is 289 g/mol. The van der Waals surface area contributed by atoms with Crippen LogP contribution in [-0.4, -0.2) is 16.6 Å². The van der Waals surface area contributed by atoms with Gasteiger partial charge in [-0.3, -0.25) is 4.21 Å². The molecule has 2 rings (SSSR count). The highest BCUT2D eigenvalue weighted by Crippen LogP contribution is 2.14. The number of hydrogen-bond acceptors (Lipinski definition) is 3. The highest BCUT2D eigenvalue weighted by molar-refractivity contribution is 7.85. The molecule has 3 nitrogen and oxygen atoms in total. The smallest absolute Gasteiger partial charge is 0.119 e. The van der Waals surface area contributed by atoms with Crippen molar-refractivity contribution in [3.8, 4) is 5.75 Å². The molecular weight excluding hydrogens is 270 g/mol. The number of aryl methyl sites for hydroxylation is 1. The van der Waals surface area contributed by atoms with Crippen molar-refractivity contribution in [1.82, 2.24) is 0 Å². The maximum absolute atomic E-state index is 12.1. The van der Waals surface area contributed by atoms with E-state index in [1.165, 1.54) is 0 Å².